The van der Waals surface area contributed by atoms with Crippen molar-refractivity contribution in [2.24, 2.45) is 5.92 Å². The van der Waals surface area contributed by atoms with Crippen LogP contribution in [0.3, 0.4) is 0 Å². The number of ether oxygens (including phenoxy) is 1. The van der Waals surface area contributed by atoms with E-state index >= 15 is 0 Å². The van der Waals surface area contributed by atoms with Crippen LogP contribution in [0.1, 0.15) is 24.2 Å². The monoisotopic (exact) mass is 388 g/mol. The maximum atomic E-state index is 12.6. The highest BCUT2D eigenvalue weighted by Gasteiger charge is 2.15. The molecule has 0 unspecified atom stereocenters. The summed E-state index contributed by atoms with van der Waals surface area (Å²) in [7, 11) is -3.60. The van der Waals surface area contributed by atoms with Crippen molar-refractivity contribution < 1.29 is 17.9 Å². The van der Waals surface area contributed by atoms with Crippen molar-refractivity contribution in [3.8, 4) is 5.75 Å². The molecule has 1 amide bonds. The lowest BCUT2D eigenvalue weighted by atomic mass is 10.1. The Morgan fingerprint density at radius 1 is 1.15 bits per heavy atom. The van der Waals surface area contributed by atoms with E-state index in [0.29, 0.717) is 29.5 Å². The smallest absolute Gasteiger partial charge is 0.259 e. The maximum Gasteiger partial charge on any atom is 0.259 e. The predicted molar refractivity (Wildman–Crippen MR) is 107 cm³/mol. The molecule has 2 rings (SSSR count). The first kappa shape index (κ1) is 20.7. The second-order valence-electron chi connectivity index (χ2n) is 6.32. The van der Waals surface area contributed by atoms with Gasteiger partial charge in [0.2, 0.25) is 10.0 Å². The lowest BCUT2D eigenvalue weighted by molar-refractivity contribution is 0.102. The fraction of sp³-hybridized carbons (Fsp3) is 0.250. The standard InChI is InChI=1S/C20H24N2O4S/c1-4-13-21-27(24,25)17-11-9-16(10-12-17)22-20(23)18-7-5-6-8-19(18)26-14-15(2)3/h4-12,15,21H,1,13-14H2,2-3H3,(H,22,23). The van der Waals surface area contributed by atoms with Crippen LogP contribution in [0, 0.1) is 5.92 Å². The molecule has 6 nitrogen and oxygen atoms in total. The average Bonchev–Trinajstić information content (AvgIpc) is 2.65. The third-order valence-corrected chi connectivity index (χ3v) is 4.98. The zero-order valence-corrected chi connectivity index (χ0v) is 16.3. The molecule has 0 aliphatic carbocycles. The minimum Gasteiger partial charge on any atom is -0.492 e. The van der Waals surface area contributed by atoms with Gasteiger partial charge in [-0.1, -0.05) is 32.1 Å². The molecule has 27 heavy (non-hydrogen) atoms. The Labute approximate surface area is 160 Å². The fourth-order valence-corrected chi connectivity index (χ4v) is 3.20. The van der Waals surface area contributed by atoms with E-state index in [-0.39, 0.29) is 17.3 Å². The average molecular weight is 388 g/mol. The van der Waals surface area contributed by atoms with Gasteiger partial charge in [0.15, 0.2) is 0 Å². The first-order chi connectivity index (χ1) is 12.8. The van der Waals surface area contributed by atoms with E-state index in [1.54, 1.807) is 18.2 Å². The third kappa shape index (κ3) is 5.94. The van der Waals surface area contributed by atoms with Crippen LogP contribution in [0.4, 0.5) is 5.69 Å². The molecule has 0 aliphatic rings. The van der Waals surface area contributed by atoms with Gasteiger partial charge in [0.25, 0.3) is 5.91 Å². The number of hydrogen-bond acceptors (Lipinski definition) is 4. The Balaban J connectivity index is 2.12. The number of sulfonamides is 1. The molecule has 0 heterocycles. The van der Waals surface area contributed by atoms with Gasteiger partial charge in [-0.05, 0) is 42.3 Å². The molecule has 0 saturated heterocycles. The second-order valence-corrected chi connectivity index (χ2v) is 8.09. The topological polar surface area (TPSA) is 84.5 Å². The van der Waals surface area contributed by atoms with Crippen LogP contribution in [0.2, 0.25) is 0 Å². The zero-order chi connectivity index (χ0) is 19.9. The lowest BCUT2D eigenvalue weighted by Gasteiger charge is -2.13. The molecule has 0 spiro atoms. The molecule has 0 bridgehead atoms. The predicted octanol–water partition coefficient (Wildman–Crippen LogP) is 3.44. The van der Waals surface area contributed by atoms with Crippen molar-refractivity contribution in [2.75, 3.05) is 18.5 Å². The molecule has 144 valence electrons. The van der Waals surface area contributed by atoms with E-state index in [1.807, 2.05) is 19.9 Å². The number of rotatable bonds is 9. The lowest BCUT2D eigenvalue weighted by Crippen LogP contribution is -2.23. The highest BCUT2D eigenvalue weighted by molar-refractivity contribution is 7.89. The molecule has 2 aromatic carbocycles. The van der Waals surface area contributed by atoms with E-state index < -0.39 is 10.0 Å². The van der Waals surface area contributed by atoms with Crippen LogP contribution in [0.25, 0.3) is 0 Å². The summed E-state index contributed by atoms with van der Waals surface area (Å²) < 4.78 is 32.2. The number of anilines is 1. The van der Waals surface area contributed by atoms with Crippen molar-refractivity contribution in [1.29, 1.82) is 0 Å². The fourth-order valence-electron chi connectivity index (χ4n) is 2.20. The van der Waals surface area contributed by atoms with Gasteiger partial charge in [0, 0.05) is 12.2 Å². The highest BCUT2D eigenvalue weighted by Crippen LogP contribution is 2.21. The molecule has 0 radical (unpaired) electrons. The zero-order valence-electron chi connectivity index (χ0n) is 15.4. The van der Waals surface area contributed by atoms with Crippen molar-refractivity contribution >= 4 is 21.6 Å². The Hall–Kier alpha value is -2.64. The van der Waals surface area contributed by atoms with Gasteiger partial charge >= 0.3 is 0 Å². The molecule has 0 aromatic heterocycles. The van der Waals surface area contributed by atoms with Gasteiger partial charge in [-0.2, -0.15) is 0 Å². The van der Waals surface area contributed by atoms with Gasteiger partial charge in [0.05, 0.1) is 17.1 Å². The van der Waals surface area contributed by atoms with Gasteiger partial charge in [-0.15, -0.1) is 6.58 Å². The van der Waals surface area contributed by atoms with Crippen molar-refractivity contribution in [3.05, 3.63) is 66.7 Å². The molecule has 2 aromatic rings. The van der Waals surface area contributed by atoms with Crippen LogP contribution in [0.15, 0.2) is 66.1 Å². The van der Waals surface area contributed by atoms with Gasteiger partial charge < -0.3 is 10.1 Å². The number of para-hydroxylation sites is 1. The van der Waals surface area contributed by atoms with E-state index in [2.05, 4.69) is 16.6 Å². The van der Waals surface area contributed by atoms with E-state index in [9.17, 15) is 13.2 Å². The molecule has 0 atom stereocenters. The summed E-state index contributed by atoms with van der Waals surface area (Å²) >= 11 is 0. The highest BCUT2D eigenvalue weighted by atomic mass is 32.2. The van der Waals surface area contributed by atoms with E-state index in [4.69, 9.17) is 4.74 Å². The van der Waals surface area contributed by atoms with Crippen LogP contribution in [0.5, 0.6) is 5.75 Å². The number of amides is 1. The Morgan fingerprint density at radius 2 is 1.81 bits per heavy atom. The summed E-state index contributed by atoms with van der Waals surface area (Å²) in [6, 6.07) is 12.9. The largest absolute Gasteiger partial charge is 0.492 e. The van der Waals surface area contributed by atoms with E-state index in [0.717, 1.165) is 0 Å². The molecule has 7 heteroatoms. The summed E-state index contributed by atoms with van der Waals surface area (Å²) in [6.45, 7) is 8.19. The Bertz CT molecular complexity index is 890. The van der Waals surface area contributed by atoms with Gasteiger partial charge in [0.1, 0.15) is 5.75 Å². The summed E-state index contributed by atoms with van der Waals surface area (Å²) in [5.74, 6) is 0.525. The number of carbonyl (C=O) groups excluding carboxylic acids is 1. The normalized spacial score (nSPS) is 11.2. The minimum absolute atomic E-state index is 0.114. The summed E-state index contributed by atoms with van der Waals surface area (Å²) in [6.07, 6.45) is 1.46. The molecular weight excluding hydrogens is 364 g/mol. The van der Waals surface area contributed by atoms with Crippen LogP contribution >= 0.6 is 0 Å². The summed E-state index contributed by atoms with van der Waals surface area (Å²) in [5.41, 5.74) is 0.906. The van der Waals surface area contributed by atoms with Crippen LogP contribution in [-0.4, -0.2) is 27.5 Å². The van der Waals surface area contributed by atoms with Crippen molar-refractivity contribution in [1.82, 2.24) is 4.72 Å². The number of hydrogen-bond donors (Lipinski definition) is 2. The molecule has 0 saturated carbocycles. The maximum absolute atomic E-state index is 12.6. The first-order valence-electron chi connectivity index (χ1n) is 8.57. The van der Waals surface area contributed by atoms with Gasteiger partial charge in [-0.25, -0.2) is 13.1 Å². The van der Waals surface area contributed by atoms with Crippen molar-refractivity contribution in [2.45, 2.75) is 18.7 Å². The van der Waals surface area contributed by atoms with Gasteiger partial charge in [-0.3, -0.25) is 4.79 Å². The number of benzene rings is 2. The summed E-state index contributed by atoms with van der Waals surface area (Å²) in [4.78, 5) is 12.7. The molecule has 0 aliphatic heterocycles. The number of nitrogens with one attached hydrogen (secondary N) is 2. The number of carbonyl (C=O) groups is 1. The Morgan fingerprint density at radius 3 is 2.44 bits per heavy atom. The van der Waals surface area contributed by atoms with Crippen LogP contribution in [-0.2, 0) is 10.0 Å². The van der Waals surface area contributed by atoms with Crippen molar-refractivity contribution in [3.63, 3.8) is 0 Å². The first-order valence-corrected chi connectivity index (χ1v) is 10.1. The third-order valence-electron chi connectivity index (χ3n) is 3.54. The molecular formula is C20H24N2O4S. The minimum atomic E-state index is -3.60. The van der Waals surface area contributed by atoms with Crippen LogP contribution < -0.4 is 14.8 Å². The Kier molecular flexibility index (Phi) is 7.15. The molecule has 0 fully saturated rings. The SMILES string of the molecule is C=CCNS(=O)(=O)c1ccc(NC(=O)c2ccccc2OCC(C)C)cc1. The summed E-state index contributed by atoms with van der Waals surface area (Å²) in [5, 5.41) is 2.76. The molecule has 2 N–H and O–H groups in total. The van der Waals surface area contributed by atoms with E-state index in [1.165, 1.54) is 30.3 Å². The second kappa shape index (κ2) is 9.34. The quantitative estimate of drug-likeness (QED) is 0.645.